The van der Waals surface area contributed by atoms with Gasteiger partial charge < -0.3 is 50.5 Å². The average molecular weight is 837 g/mol. The molecule has 1 heterocycles. The SMILES string of the molecule is C=O.CC.CC.CC(=O)O.CC(C)N(C)CCCN(C)CC(NC(=O)NCC(=O)N1CCC[C@H]1C)C(C)(C)C.CCC(C)=O.CCCCCCCC(C)CNC.CO. The standard InChI is InChI=1S/C22H45N5O2.C11H25N.C4H8O.C2H4O2.2C2H6.CH4O.CH2O/c1-17(2)26(8)13-10-12-25(7)16-19(22(4,5)6)24-21(29)23-15-20(28)27-14-9-11-18(27)3;1-4-5-6-7-8-9-11(2)10-12-3;1-3-4(2)5;1-2(3)4;4*1-2/h17-19H,9-16H2,1-8H3,(H2,23,24,29);11-12H,4-10H2,1-3H3;3H2,1-2H3;1H3,(H,3,4);2*1-2H3;2H,1H3;1H2/t18-,19?;;;;;;;/m1......./s1. The number of unbranched alkanes of at least 4 members (excludes halogenated alkanes) is 4. The second-order valence-corrected chi connectivity index (χ2v) is 15.5. The molecule has 0 aromatic heterocycles. The fourth-order valence-electron chi connectivity index (χ4n) is 5.10. The fraction of sp³-hybridized carbons (Fsp3) is 0.889. The number of aliphatic carboxylic acids is 1. The molecule has 1 rings (SSSR count). The van der Waals surface area contributed by atoms with Crippen LogP contribution in [0.15, 0.2) is 0 Å². The number of aliphatic hydroxyl groups is 1. The molecular formula is C45H100N6O7. The predicted molar refractivity (Wildman–Crippen MR) is 249 cm³/mol. The summed E-state index contributed by atoms with van der Waals surface area (Å²) < 4.78 is 0. The van der Waals surface area contributed by atoms with E-state index in [4.69, 9.17) is 19.8 Å². The Labute approximate surface area is 359 Å². The Kier molecular flexibility index (Phi) is 61.0. The van der Waals surface area contributed by atoms with Crippen LogP contribution in [0.5, 0.6) is 0 Å². The van der Waals surface area contributed by atoms with E-state index in [-0.39, 0.29) is 41.8 Å². The van der Waals surface area contributed by atoms with Crippen LogP contribution in [0, 0.1) is 11.3 Å². The van der Waals surface area contributed by atoms with Gasteiger partial charge in [-0.25, -0.2) is 4.79 Å². The molecule has 2 unspecified atom stereocenters. The normalized spacial score (nSPS) is 13.5. The van der Waals surface area contributed by atoms with Crippen molar-refractivity contribution < 1.29 is 34.2 Å². The first-order valence-electron chi connectivity index (χ1n) is 22.0. The Bertz CT molecular complexity index is 899. The first kappa shape index (κ1) is 70.0. The molecule has 352 valence electrons. The number of aliphatic hydroxyl groups excluding tert-OH is 1. The fourth-order valence-corrected chi connectivity index (χ4v) is 5.10. The molecule has 0 radical (unpaired) electrons. The minimum atomic E-state index is -0.833. The summed E-state index contributed by atoms with van der Waals surface area (Å²) in [6, 6.07) is 0.562. The number of urea groups is 1. The molecule has 13 nitrogen and oxygen atoms in total. The van der Waals surface area contributed by atoms with E-state index < -0.39 is 5.97 Å². The zero-order chi connectivity index (χ0) is 47.3. The van der Waals surface area contributed by atoms with E-state index in [1.54, 1.807) is 6.92 Å². The van der Waals surface area contributed by atoms with Gasteiger partial charge in [-0.05, 0) is 105 Å². The van der Waals surface area contributed by atoms with E-state index in [9.17, 15) is 14.4 Å². The zero-order valence-corrected chi connectivity index (χ0v) is 41.6. The smallest absolute Gasteiger partial charge is 0.315 e. The van der Waals surface area contributed by atoms with E-state index in [1.807, 2.05) is 53.4 Å². The number of rotatable bonds is 19. The lowest BCUT2D eigenvalue weighted by Gasteiger charge is -2.35. The summed E-state index contributed by atoms with van der Waals surface area (Å²) in [6.45, 7) is 36.8. The van der Waals surface area contributed by atoms with Gasteiger partial charge in [0.1, 0.15) is 12.6 Å². The van der Waals surface area contributed by atoms with E-state index in [1.165, 1.54) is 45.1 Å². The highest BCUT2D eigenvalue weighted by atomic mass is 16.4. The van der Waals surface area contributed by atoms with Crippen LogP contribution in [-0.2, 0) is 19.2 Å². The van der Waals surface area contributed by atoms with Gasteiger partial charge in [-0.3, -0.25) is 9.59 Å². The van der Waals surface area contributed by atoms with Crippen molar-refractivity contribution in [1.29, 1.82) is 0 Å². The summed E-state index contributed by atoms with van der Waals surface area (Å²) in [5.74, 6) is 0.283. The van der Waals surface area contributed by atoms with Gasteiger partial charge in [-0.2, -0.15) is 0 Å². The Hall–Kier alpha value is -2.61. The highest BCUT2D eigenvalue weighted by molar-refractivity contribution is 5.84. The van der Waals surface area contributed by atoms with Gasteiger partial charge in [-0.1, -0.05) is 101 Å². The highest BCUT2D eigenvalue weighted by Crippen LogP contribution is 2.20. The van der Waals surface area contributed by atoms with Crippen molar-refractivity contribution in [3.8, 4) is 0 Å². The number of amides is 3. The monoisotopic (exact) mass is 837 g/mol. The van der Waals surface area contributed by atoms with Gasteiger partial charge in [0.15, 0.2) is 0 Å². The number of ketones is 1. The molecule has 3 amide bonds. The summed E-state index contributed by atoms with van der Waals surface area (Å²) in [5, 5.41) is 23.5. The van der Waals surface area contributed by atoms with Crippen LogP contribution in [-0.4, -0.2) is 141 Å². The van der Waals surface area contributed by atoms with E-state index in [0.29, 0.717) is 12.5 Å². The Balaban J connectivity index is -0.000000147. The molecule has 13 heteroatoms. The third-order valence-electron chi connectivity index (χ3n) is 8.90. The van der Waals surface area contributed by atoms with Crippen molar-refractivity contribution in [1.82, 2.24) is 30.7 Å². The molecule has 0 saturated carbocycles. The van der Waals surface area contributed by atoms with Gasteiger partial charge in [-0.15, -0.1) is 0 Å². The van der Waals surface area contributed by atoms with Gasteiger partial charge >= 0.3 is 6.03 Å². The summed E-state index contributed by atoms with van der Waals surface area (Å²) in [7, 11) is 7.29. The maximum Gasteiger partial charge on any atom is 0.315 e. The average Bonchev–Trinajstić information content (AvgIpc) is 3.62. The lowest BCUT2D eigenvalue weighted by Crippen LogP contribution is -2.54. The predicted octanol–water partition coefficient (Wildman–Crippen LogP) is 8.13. The quantitative estimate of drug-likeness (QED) is 0.0801. The van der Waals surface area contributed by atoms with E-state index >= 15 is 0 Å². The maximum absolute atomic E-state index is 12.4. The van der Waals surface area contributed by atoms with Crippen molar-refractivity contribution in [2.75, 3.05) is 67.5 Å². The molecule has 1 saturated heterocycles. The molecule has 0 aromatic rings. The molecular weight excluding hydrogens is 737 g/mol. The Morgan fingerprint density at radius 1 is 0.879 bits per heavy atom. The van der Waals surface area contributed by atoms with E-state index in [0.717, 1.165) is 65.4 Å². The van der Waals surface area contributed by atoms with Crippen LogP contribution in [0.2, 0.25) is 0 Å². The van der Waals surface area contributed by atoms with Crippen LogP contribution in [0.3, 0.4) is 0 Å². The number of likely N-dealkylation sites (N-methyl/N-ethyl adjacent to an activating group) is 1. The van der Waals surface area contributed by atoms with E-state index in [2.05, 4.69) is 95.2 Å². The van der Waals surface area contributed by atoms with Crippen LogP contribution in [0.4, 0.5) is 4.79 Å². The summed E-state index contributed by atoms with van der Waals surface area (Å²) >= 11 is 0. The number of nitrogens with zero attached hydrogens (tertiary/aromatic N) is 3. The first-order valence-corrected chi connectivity index (χ1v) is 22.0. The molecule has 0 aromatic carbocycles. The molecule has 3 atom stereocenters. The topological polar surface area (TPSA) is 172 Å². The Morgan fingerprint density at radius 2 is 1.36 bits per heavy atom. The van der Waals surface area contributed by atoms with Crippen molar-refractivity contribution in [2.45, 2.75) is 186 Å². The van der Waals surface area contributed by atoms with Crippen LogP contribution < -0.4 is 16.0 Å². The highest BCUT2D eigenvalue weighted by Gasteiger charge is 2.29. The number of nitrogens with one attached hydrogen (secondary N) is 3. The molecule has 58 heavy (non-hydrogen) atoms. The molecule has 1 fully saturated rings. The minimum Gasteiger partial charge on any atom is -0.481 e. The largest absolute Gasteiger partial charge is 0.481 e. The minimum absolute atomic E-state index is 0.00356. The summed E-state index contributed by atoms with van der Waals surface area (Å²) in [4.78, 5) is 58.1. The number of carbonyl (C=O) groups is 5. The van der Waals surface area contributed by atoms with Crippen LogP contribution in [0.1, 0.15) is 168 Å². The number of likely N-dealkylation sites (tertiary alicyclic amines) is 1. The number of carbonyl (C=O) groups excluding carboxylic acids is 4. The third-order valence-corrected chi connectivity index (χ3v) is 8.90. The molecule has 1 aliphatic heterocycles. The second-order valence-electron chi connectivity index (χ2n) is 15.5. The molecule has 1 aliphatic rings. The van der Waals surface area contributed by atoms with Crippen molar-refractivity contribution in [2.24, 2.45) is 11.3 Å². The first-order chi connectivity index (χ1) is 27.2. The van der Waals surface area contributed by atoms with Crippen molar-refractivity contribution in [3.05, 3.63) is 0 Å². The van der Waals surface area contributed by atoms with Crippen molar-refractivity contribution >= 4 is 30.5 Å². The number of hydrogen-bond acceptors (Lipinski definition) is 9. The van der Waals surface area contributed by atoms with Gasteiger partial charge in [0, 0.05) is 51.7 Å². The second kappa shape index (κ2) is 50.5. The molecule has 5 N–H and O–H groups in total. The number of carboxylic acid groups (broad SMARTS) is 1. The number of hydrogen-bond donors (Lipinski definition) is 5. The van der Waals surface area contributed by atoms with Crippen molar-refractivity contribution in [3.63, 3.8) is 0 Å². The number of carboxylic acids is 1. The number of Topliss-reactive ketones (excluding diaryl/α,β-unsaturated/α-hetero) is 1. The lowest BCUT2D eigenvalue weighted by molar-refractivity contribution is -0.134. The third kappa shape index (κ3) is 53.4. The molecule has 0 bridgehead atoms. The van der Waals surface area contributed by atoms with Crippen LogP contribution in [0.25, 0.3) is 0 Å². The molecule has 0 aliphatic carbocycles. The van der Waals surface area contributed by atoms with Gasteiger partial charge in [0.05, 0.1) is 6.54 Å². The Morgan fingerprint density at radius 3 is 1.74 bits per heavy atom. The molecule has 0 spiro atoms. The summed E-state index contributed by atoms with van der Waals surface area (Å²) in [6.07, 6.45) is 12.3. The maximum atomic E-state index is 12.4. The zero-order valence-electron chi connectivity index (χ0n) is 41.6. The summed E-state index contributed by atoms with van der Waals surface area (Å²) in [5.41, 5.74) is -0.0756. The van der Waals surface area contributed by atoms with Gasteiger partial charge in [0.2, 0.25) is 5.91 Å². The van der Waals surface area contributed by atoms with Crippen LogP contribution >= 0.6 is 0 Å². The lowest BCUT2D eigenvalue weighted by atomic mass is 9.86. The van der Waals surface area contributed by atoms with Gasteiger partial charge in [0.25, 0.3) is 5.97 Å².